The van der Waals surface area contributed by atoms with E-state index in [2.05, 4.69) is 41.1 Å². The average molecular weight is 290 g/mol. The molecule has 2 aromatic carbocycles. The molecule has 0 bridgehead atoms. The lowest BCUT2D eigenvalue weighted by Gasteiger charge is -2.23. The summed E-state index contributed by atoms with van der Waals surface area (Å²) in [5.74, 6) is 1.60. The van der Waals surface area contributed by atoms with E-state index in [1.54, 1.807) is 0 Å². The first-order valence-electron chi connectivity index (χ1n) is 7.66. The molecule has 22 heavy (non-hydrogen) atoms. The lowest BCUT2D eigenvalue weighted by atomic mass is 10.1. The van der Waals surface area contributed by atoms with E-state index in [9.17, 15) is 0 Å². The summed E-state index contributed by atoms with van der Waals surface area (Å²) in [4.78, 5) is 6.83. The minimum Gasteiger partial charge on any atom is -0.439 e. The van der Waals surface area contributed by atoms with Gasteiger partial charge in [-0.2, -0.15) is 0 Å². The van der Waals surface area contributed by atoms with Gasteiger partial charge >= 0.3 is 0 Å². The lowest BCUT2D eigenvalue weighted by molar-refractivity contribution is 0.489. The number of oxazole rings is 1. The standard InChI is InChI=1S/C19H18N2O/c1-14-11-16-9-5-6-10-17(16)21(14)13-19-20-12-18(22-19)15-7-3-2-4-8-15/h2-10,12,14H,11,13H2,1H3/t14-/m1/s1. The van der Waals surface area contributed by atoms with Crippen LogP contribution in [0.25, 0.3) is 11.3 Å². The zero-order chi connectivity index (χ0) is 14.9. The van der Waals surface area contributed by atoms with Crippen LogP contribution in [-0.4, -0.2) is 11.0 Å². The number of hydrogen-bond acceptors (Lipinski definition) is 3. The van der Waals surface area contributed by atoms with Crippen LogP contribution in [0.5, 0.6) is 0 Å². The number of nitrogens with zero attached hydrogens (tertiary/aromatic N) is 2. The van der Waals surface area contributed by atoms with Crippen molar-refractivity contribution in [3.63, 3.8) is 0 Å². The normalized spacial score (nSPS) is 16.8. The molecule has 4 rings (SSSR count). The predicted molar refractivity (Wildman–Crippen MR) is 87.7 cm³/mol. The van der Waals surface area contributed by atoms with Crippen LogP contribution < -0.4 is 4.90 Å². The molecule has 1 aliphatic heterocycles. The van der Waals surface area contributed by atoms with Crippen LogP contribution in [0.4, 0.5) is 5.69 Å². The van der Waals surface area contributed by atoms with Gasteiger partial charge in [-0.05, 0) is 25.0 Å². The number of aromatic nitrogens is 1. The van der Waals surface area contributed by atoms with Gasteiger partial charge in [0.05, 0.1) is 12.7 Å². The molecule has 0 spiro atoms. The second-order valence-corrected chi connectivity index (χ2v) is 5.79. The minimum absolute atomic E-state index is 0.476. The van der Waals surface area contributed by atoms with Crippen molar-refractivity contribution in [3.05, 3.63) is 72.2 Å². The predicted octanol–water partition coefficient (Wildman–Crippen LogP) is 4.29. The number of hydrogen-bond donors (Lipinski definition) is 0. The highest BCUT2D eigenvalue weighted by atomic mass is 16.4. The van der Waals surface area contributed by atoms with Crippen molar-refractivity contribution in [1.29, 1.82) is 0 Å². The van der Waals surface area contributed by atoms with Crippen molar-refractivity contribution in [2.45, 2.75) is 25.9 Å². The maximum absolute atomic E-state index is 5.94. The van der Waals surface area contributed by atoms with Crippen LogP contribution in [0.2, 0.25) is 0 Å². The Morgan fingerprint density at radius 1 is 1.09 bits per heavy atom. The molecule has 2 heterocycles. The molecule has 0 N–H and O–H groups in total. The molecule has 0 amide bonds. The Morgan fingerprint density at radius 2 is 1.86 bits per heavy atom. The van der Waals surface area contributed by atoms with Gasteiger partial charge in [0.2, 0.25) is 5.89 Å². The van der Waals surface area contributed by atoms with Gasteiger partial charge in [0.1, 0.15) is 0 Å². The third-order valence-corrected chi connectivity index (χ3v) is 4.27. The maximum atomic E-state index is 5.94. The van der Waals surface area contributed by atoms with Crippen molar-refractivity contribution in [2.24, 2.45) is 0 Å². The van der Waals surface area contributed by atoms with Gasteiger partial charge in [-0.3, -0.25) is 0 Å². The molecule has 1 aliphatic rings. The van der Waals surface area contributed by atoms with E-state index in [0.29, 0.717) is 12.6 Å². The van der Waals surface area contributed by atoms with Crippen LogP contribution in [-0.2, 0) is 13.0 Å². The summed E-state index contributed by atoms with van der Waals surface area (Å²) >= 11 is 0. The number of anilines is 1. The SMILES string of the molecule is C[C@@H]1Cc2ccccc2N1Cc1ncc(-c2ccccc2)o1. The summed E-state index contributed by atoms with van der Waals surface area (Å²) in [5, 5.41) is 0. The Kier molecular flexibility index (Phi) is 3.19. The molecule has 3 aromatic rings. The Balaban J connectivity index is 1.59. The molecule has 110 valence electrons. The second-order valence-electron chi connectivity index (χ2n) is 5.79. The first-order chi connectivity index (χ1) is 10.8. The minimum atomic E-state index is 0.476. The number of para-hydroxylation sites is 1. The van der Waals surface area contributed by atoms with Gasteiger partial charge in [0, 0.05) is 17.3 Å². The zero-order valence-corrected chi connectivity index (χ0v) is 12.6. The average Bonchev–Trinajstić information content (AvgIpc) is 3.14. The smallest absolute Gasteiger partial charge is 0.214 e. The zero-order valence-electron chi connectivity index (χ0n) is 12.6. The third kappa shape index (κ3) is 2.29. The molecule has 0 aliphatic carbocycles. The van der Waals surface area contributed by atoms with Crippen LogP contribution in [0, 0.1) is 0 Å². The maximum Gasteiger partial charge on any atom is 0.214 e. The number of benzene rings is 2. The quantitative estimate of drug-likeness (QED) is 0.720. The largest absolute Gasteiger partial charge is 0.439 e. The van der Waals surface area contributed by atoms with E-state index in [4.69, 9.17) is 4.42 Å². The van der Waals surface area contributed by atoms with E-state index in [0.717, 1.165) is 23.6 Å². The molecule has 0 fully saturated rings. The summed E-state index contributed by atoms with van der Waals surface area (Å²) in [5.41, 5.74) is 3.77. The van der Waals surface area contributed by atoms with Gasteiger partial charge in [0.25, 0.3) is 0 Å². The Bertz CT molecular complexity index is 779. The van der Waals surface area contributed by atoms with Gasteiger partial charge in [-0.15, -0.1) is 0 Å². The Labute approximate surface area is 130 Å². The summed E-state index contributed by atoms with van der Waals surface area (Å²) in [6, 6.07) is 19.2. The summed E-state index contributed by atoms with van der Waals surface area (Å²) < 4.78 is 5.94. The van der Waals surface area contributed by atoms with Crippen molar-refractivity contribution < 1.29 is 4.42 Å². The Hall–Kier alpha value is -2.55. The molecule has 1 atom stereocenters. The van der Waals surface area contributed by atoms with Gasteiger partial charge in [-0.1, -0.05) is 48.5 Å². The fourth-order valence-electron chi connectivity index (χ4n) is 3.14. The topological polar surface area (TPSA) is 29.3 Å². The monoisotopic (exact) mass is 290 g/mol. The Morgan fingerprint density at radius 3 is 2.73 bits per heavy atom. The van der Waals surface area contributed by atoms with E-state index >= 15 is 0 Å². The van der Waals surface area contributed by atoms with E-state index in [-0.39, 0.29) is 0 Å². The molecular formula is C19H18N2O. The van der Waals surface area contributed by atoms with E-state index in [1.807, 2.05) is 36.5 Å². The summed E-state index contributed by atoms with van der Waals surface area (Å²) in [6.07, 6.45) is 2.90. The highest BCUT2D eigenvalue weighted by molar-refractivity contribution is 5.59. The second kappa shape index (κ2) is 5.34. The molecule has 3 nitrogen and oxygen atoms in total. The van der Waals surface area contributed by atoms with E-state index in [1.165, 1.54) is 11.3 Å². The first-order valence-corrected chi connectivity index (χ1v) is 7.66. The molecular weight excluding hydrogens is 272 g/mol. The van der Waals surface area contributed by atoms with Crippen molar-refractivity contribution >= 4 is 5.69 Å². The molecule has 1 aromatic heterocycles. The number of rotatable bonds is 3. The lowest BCUT2D eigenvalue weighted by Crippen LogP contribution is -2.28. The van der Waals surface area contributed by atoms with Crippen LogP contribution in [0.3, 0.4) is 0 Å². The van der Waals surface area contributed by atoms with E-state index < -0.39 is 0 Å². The van der Waals surface area contributed by atoms with Crippen molar-refractivity contribution in [1.82, 2.24) is 4.98 Å². The number of fused-ring (bicyclic) bond motifs is 1. The fraction of sp³-hybridized carbons (Fsp3) is 0.211. The fourth-order valence-corrected chi connectivity index (χ4v) is 3.14. The molecule has 0 unspecified atom stereocenters. The highest BCUT2D eigenvalue weighted by Gasteiger charge is 2.26. The molecule has 3 heteroatoms. The third-order valence-electron chi connectivity index (χ3n) is 4.27. The first kappa shape index (κ1) is 13.1. The summed E-state index contributed by atoms with van der Waals surface area (Å²) in [7, 11) is 0. The highest BCUT2D eigenvalue weighted by Crippen LogP contribution is 2.33. The van der Waals surface area contributed by atoms with Crippen LogP contribution in [0.15, 0.2) is 65.2 Å². The molecule has 0 saturated heterocycles. The van der Waals surface area contributed by atoms with Gasteiger partial charge in [0.15, 0.2) is 5.76 Å². The molecule has 0 saturated carbocycles. The molecule has 0 radical (unpaired) electrons. The summed E-state index contributed by atoms with van der Waals surface area (Å²) in [6.45, 7) is 2.96. The van der Waals surface area contributed by atoms with Gasteiger partial charge in [-0.25, -0.2) is 4.98 Å². The van der Waals surface area contributed by atoms with Crippen molar-refractivity contribution in [3.8, 4) is 11.3 Å². The van der Waals surface area contributed by atoms with Crippen LogP contribution in [0.1, 0.15) is 18.4 Å². The van der Waals surface area contributed by atoms with Crippen LogP contribution >= 0.6 is 0 Å². The van der Waals surface area contributed by atoms with Crippen molar-refractivity contribution in [2.75, 3.05) is 4.90 Å². The van der Waals surface area contributed by atoms with Gasteiger partial charge < -0.3 is 9.32 Å².